The third-order valence-electron chi connectivity index (χ3n) is 6.70. The van der Waals surface area contributed by atoms with Gasteiger partial charge in [-0.05, 0) is 24.3 Å². The maximum absolute atomic E-state index is 12.3. The van der Waals surface area contributed by atoms with Crippen molar-refractivity contribution in [2.45, 2.75) is 14.7 Å². The Labute approximate surface area is 523 Å². The van der Waals surface area contributed by atoms with E-state index in [-0.39, 0.29) is 209 Å². The molecule has 42 heteroatoms. The summed E-state index contributed by atoms with van der Waals surface area (Å²) in [5.74, 6) is -3.69. The SMILES string of the molecule is O=S(=O)([O-])O.O=S(=O)([O-])O.O=S(=O)=O.[CH2-]CS(=O)(=O)c1ccc(N=Nc2c(NCS(=O)(=O)[O-])ccc3c(O)c(N=Nc4cc(OC)c(S(=O)(=O)C[CH2-])cc4O)[c-]cc23)c(S(=O)(=O)[O-])c1.[Cu].[Na+].[Na+].[Na+].[Na+].[Na+]. The van der Waals surface area contributed by atoms with E-state index in [1.165, 1.54) is 25.3 Å². The summed E-state index contributed by atoms with van der Waals surface area (Å²) in [7, 11) is -29.9. The molecular formula is C28H26CuN5Na5O24S7-2. The van der Waals surface area contributed by atoms with Crippen molar-refractivity contribution in [2.75, 3.05) is 29.8 Å². The first-order valence-corrected chi connectivity index (χ1v) is 25.4. The van der Waals surface area contributed by atoms with Gasteiger partial charge in [-0.25, -0.2) is 50.5 Å². The van der Waals surface area contributed by atoms with Crippen molar-refractivity contribution in [3.8, 4) is 17.2 Å². The average molecular weight is 1220 g/mol. The molecule has 0 saturated heterocycles. The second kappa shape index (κ2) is 34.7. The van der Waals surface area contributed by atoms with Crippen LogP contribution in [0.25, 0.3) is 10.8 Å². The quantitative estimate of drug-likeness (QED) is 0.0273. The second-order valence-corrected chi connectivity index (χ2v) is 20.0. The Morgan fingerprint density at radius 2 is 1.14 bits per heavy atom. The topological polar surface area (TPSA) is 500 Å². The molecule has 0 aliphatic heterocycles. The monoisotopic (exact) mass is 1220 g/mol. The fourth-order valence-electron chi connectivity index (χ4n) is 4.22. The molecule has 0 atom stereocenters. The molecule has 1 radical (unpaired) electrons. The zero-order valence-electron chi connectivity index (χ0n) is 36.6. The largest absolute Gasteiger partial charge is 1.00 e. The van der Waals surface area contributed by atoms with E-state index in [1.807, 2.05) is 0 Å². The number of hydrogen-bond acceptors (Lipinski definition) is 27. The second-order valence-electron chi connectivity index (χ2n) is 11.0. The first-order chi connectivity index (χ1) is 28.9. The van der Waals surface area contributed by atoms with Gasteiger partial charge in [-0.3, -0.25) is 9.11 Å². The Balaban J connectivity index is -0.000000451. The molecule has 0 saturated carbocycles. The van der Waals surface area contributed by atoms with Gasteiger partial charge in [0.2, 0.25) is 20.8 Å². The number of aromatic hydroxyl groups is 2. The van der Waals surface area contributed by atoms with E-state index in [0.717, 1.165) is 24.3 Å². The van der Waals surface area contributed by atoms with E-state index in [0.29, 0.717) is 6.07 Å². The molecule has 367 valence electrons. The van der Waals surface area contributed by atoms with E-state index in [4.69, 9.17) is 52.4 Å². The van der Waals surface area contributed by atoms with Crippen molar-refractivity contribution in [3.63, 3.8) is 0 Å². The summed E-state index contributed by atoms with van der Waals surface area (Å²) in [6, 6.07) is 10.6. The fourth-order valence-corrected chi connectivity index (χ4v) is 7.03. The number of nitrogens with zero attached hydrogens (tertiary/aromatic N) is 4. The zero-order chi connectivity index (χ0) is 49.8. The maximum Gasteiger partial charge on any atom is 1.00 e. The molecule has 0 amide bonds. The Bertz CT molecular complexity index is 3230. The summed E-state index contributed by atoms with van der Waals surface area (Å²) in [4.78, 5) is -1.93. The number of ether oxygens (including phenoxy) is 1. The standard InChI is InChI=1S/C28H26N5O13S4.Cu.5Na.2H2O4S.O3S/c1-4-47(36,37)16-6-9-19(25(12-16)50(43,44)45)30-33-27-17-7-11-21(28(35)18(17)8-10-20(27)29-15-49(40,41)42)31-32-22-13-24(46-3)26(14-23(22)34)48(38,39)5-2;;;;;;;2*1-5(2,3)4;1-4(2)3/h6-10,12-14,29,34-35H,1-2,4-5,15H2,3H3,(H,40,41,42)(H,43,44,45);;;;;;;2*(H2,1,2,3,4);/q-3;;5*+1;;;/p-4. The minimum atomic E-state index is -5.32. The summed E-state index contributed by atoms with van der Waals surface area (Å²) >= 11 is 0. The minimum absolute atomic E-state index is 0. The maximum atomic E-state index is 12.3. The number of sulfone groups is 2. The van der Waals surface area contributed by atoms with Gasteiger partial charge in [0.25, 0.3) is 0 Å². The molecular weight excluding hydrogens is 1190 g/mol. The molecule has 5 N–H and O–H groups in total. The molecule has 0 heterocycles. The number of azo groups is 2. The van der Waals surface area contributed by atoms with Crippen LogP contribution in [0.3, 0.4) is 0 Å². The molecule has 4 rings (SSSR count). The Hall–Kier alpha value is 0.139. The molecule has 29 nitrogen and oxygen atoms in total. The van der Waals surface area contributed by atoms with Gasteiger partial charge in [0.15, 0.2) is 19.7 Å². The Morgan fingerprint density at radius 1 is 0.671 bits per heavy atom. The predicted molar refractivity (Wildman–Crippen MR) is 209 cm³/mol. The number of hydrogen-bond donors (Lipinski definition) is 5. The summed E-state index contributed by atoms with van der Waals surface area (Å²) in [6.45, 7) is 6.60. The van der Waals surface area contributed by atoms with Crippen LogP contribution >= 0.6 is 0 Å². The Kier molecular flexibility index (Phi) is 40.4. The number of methoxy groups -OCH3 is 1. The molecule has 0 spiro atoms. The van der Waals surface area contributed by atoms with E-state index in [1.54, 1.807) is 0 Å². The van der Waals surface area contributed by atoms with E-state index in [9.17, 15) is 53.0 Å². The summed E-state index contributed by atoms with van der Waals surface area (Å²) < 4.78 is 215. The third kappa shape index (κ3) is 30.0. The number of phenolic OH excluding ortho intramolecular Hbond substituents is 2. The van der Waals surface area contributed by atoms with Gasteiger partial charge in [0, 0.05) is 40.6 Å². The summed E-state index contributed by atoms with van der Waals surface area (Å²) in [5, 5.41) is 39.1. The van der Waals surface area contributed by atoms with Crippen LogP contribution in [-0.4, -0.2) is 125 Å². The van der Waals surface area contributed by atoms with E-state index < -0.39 is 116 Å². The van der Waals surface area contributed by atoms with Crippen LogP contribution < -0.4 is 158 Å². The van der Waals surface area contributed by atoms with Crippen molar-refractivity contribution in [3.05, 3.63) is 68.4 Å². The summed E-state index contributed by atoms with van der Waals surface area (Å²) in [6.07, 6.45) is 0. The van der Waals surface area contributed by atoms with E-state index in [2.05, 4.69) is 45.7 Å². The smallest absolute Gasteiger partial charge is 0.747 e. The number of anilines is 1. The molecule has 4 aromatic rings. The van der Waals surface area contributed by atoms with Crippen LogP contribution in [0.1, 0.15) is 0 Å². The van der Waals surface area contributed by atoms with Gasteiger partial charge < -0.3 is 52.3 Å². The molecule has 0 fully saturated rings. The van der Waals surface area contributed by atoms with Crippen LogP contribution in [0, 0.1) is 19.9 Å². The Morgan fingerprint density at radius 3 is 1.57 bits per heavy atom. The van der Waals surface area contributed by atoms with Crippen molar-refractivity contribution >= 4 is 111 Å². The van der Waals surface area contributed by atoms with Gasteiger partial charge in [-0.15, -0.1) is 17.7 Å². The fraction of sp³-hybridized carbons (Fsp3) is 0.143. The number of fused-ring (bicyclic) bond motifs is 1. The van der Waals surface area contributed by atoms with Crippen LogP contribution in [0.15, 0.2) is 83.7 Å². The van der Waals surface area contributed by atoms with Crippen molar-refractivity contribution in [1.82, 2.24) is 0 Å². The van der Waals surface area contributed by atoms with Gasteiger partial charge in [0.05, 0.1) is 28.3 Å². The minimum Gasteiger partial charge on any atom is -0.747 e. The molecule has 0 aliphatic carbocycles. The number of benzene rings is 4. The van der Waals surface area contributed by atoms with Crippen LogP contribution in [0.5, 0.6) is 17.2 Å². The first-order valence-electron chi connectivity index (χ1n) is 15.3. The molecule has 70 heavy (non-hydrogen) atoms. The third-order valence-corrected chi connectivity index (χ3v) is 11.1. The average Bonchev–Trinajstić information content (AvgIpc) is 3.14. The van der Waals surface area contributed by atoms with Crippen molar-refractivity contribution in [2.24, 2.45) is 20.5 Å². The van der Waals surface area contributed by atoms with Crippen LogP contribution in [0.4, 0.5) is 28.4 Å². The summed E-state index contributed by atoms with van der Waals surface area (Å²) in [5.41, 5.74) is -1.65. The van der Waals surface area contributed by atoms with Gasteiger partial charge >= 0.3 is 158 Å². The molecule has 0 aromatic heterocycles. The van der Waals surface area contributed by atoms with Crippen molar-refractivity contribution in [1.29, 1.82) is 0 Å². The first kappa shape index (κ1) is 81.5. The predicted octanol–water partition coefficient (Wildman–Crippen LogP) is -14.1. The molecule has 0 bridgehead atoms. The van der Waals surface area contributed by atoms with Gasteiger partial charge in [-0.2, -0.15) is 27.5 Å². The van der Waals surface area contributed by atoms with E-state index >= 15 is 0 Å². The normalized spacial score (nSPS) is 11.3. The number of phenols is 2. The van der Waals surface area contributed by atoms with Gasteiger partial charge in [0.1, 0.15) is 53.9 Å². The van der Waals surface area contributed by atoms with Crippen LogP contribution in [0.2, 0.25) is 0 Å². The van der Waals surface area contributed by atoms with Crippen LogP contribution in [-0.2, 0) is 88.4 Å². The molecule has 4 aromatic carbocycles. The van der Waals surface area contributed by atoms with Gasteiger partial charge in [-0.1, -0.05) is 28.3 Å². The zero-order valence-corrected chi connectivity index (χ0v) is 53.2. The molecule has 0 unspecified atom stereocenters. The number of nitrogens with one attached hydrogen (secondary N) is 1. The number of rotatable bonds is 13. The molecule has 0 aliphatic rings. The van der Waals surface area contributed by atoms with Crippen molar-refractivity contribution < 1.29 is 270 Å².